The molecule has 0 saturated carbocycles. The number of aliphatic imine (C=N–C) groups is 1. The van der Waals surface area contributed by atoms with Gasteiger partial charge in [-0.15, -0.1) is 0 Å². The molecule has 2 heterocycles. The van der Waals surface area contributed by atoms with Gasteiger partial charge in [-0.1, -0.05) is 152 Å². The zero-order chi connectivity index (χ0) is 36.3. The second-order valence-corrected chi connectivity index (χ2v) is 14.4. The maximum Gasteiger partial charge on any atom is 0.0943 e. The lowest BCUT2D eigenvalue weighted by molar-refractivity contribution is 1.05. The maximum atomic E-state index is 5.07. The van der Waals surface area contributed by atoms with Crippen LogP contribution in [0.3, 0.4) is 0 Å². The lowest BCUT2D eigenvalue weighted by Gasteiger charge is -2.25. The smallest absolute Gasteiger partial charge is 0.0943 e. The summed E-state index contributed by atoms with van der Waals surface area (Å²) in [6.07, 6.45) is 2.06. The predicted octanol–water partition coefficient (Wildman–Crippen LogP) is 14.0. The monoisotopic (exact) mass is 701 g/mol. The molecule has 1 N–H and O–H groups in total. The van der Waals surface area contributed by atoms with Crippen LogP contribution < -0.4 is 5.32 Å². The standard InChI is InChI=1S/C52H35N3/c1-2-16-41(17-3-1)55-49-23-9-8-20-44(49)47-32-39(28-29-50(47)55)35-26-24-34(25-27-35)36-12-10-13-37(30-36)38-14-11-15-40(31-38)48-33-53-51-45-21-6-4-18-42(45)43-19-5-7-22-46(43)52(51)54-48/h1-33,48,54H. The van der Waals surface area contributed by atoms with Crippen LogP contribution in [0, 0.1) is 0 Å². The summed E-state index contributed by atoms with van der Waals surface area (Å²) in [4.78, 5) is 5.07. The number of benzene rings is 9. The summed E-state index contributed by atoms with van der Waals surface area (Å²) < 4.78 is 2.36. The van der Waals surface area contributed by atoms with Gasteiger partial charge in [-0.3, -0.25) is 4.99 Å². The van der Waals surface area contributed by atoms with Gasteiger partial charge in [-0.05, 0) is 92.2 Å². The van der Waals surface area contributed by atoms with Crippen LogP contribution in [0.25, 0.3) is 82.4 Å². The lowest BCUT2D eigenvalue weighted by atomic mass is 9.94. The number of anilines is 1. The Labute approximate surface area is 319 Å². The molecule has 10 aromatic rings. The molecule has 1 aliphatic rings. The third-order valence-electron chi connectivity index (χ3n) is 11.2. The second-order valence-electron chi connectivity index (χ2n) is 14.4. The number of rotatable bonds is 5. The Morgan fingerprint density at radius 3 is 1.69 bits per heavy atom. The van der Waals surface area contributed by atoms with Crippen molar-refractivity contribution in [1.29, 1.82) is 0 Å². The van der Waals surface area contributed by atoms with Crippen LogP contribution >= 0.6 is 0 Å². The number of hydrogen-bond donors (Lipinski definition) is 1. The highest BCUT2D eigenvalue weighted by Gasteiger charge is 2.21. The van der Waals surface area contributed by atoms with E-state index in [0.717, 1.165) is 11.4 Å². The van der Waals surface area contributed by atoms with E-state index in [4.69, 9.17) is 4.99 Å². The van der Waals surface area contributed by atoms with Crippen LogP contribution in [0.1, 0.15) is 11.6 Å². The molecule has 9 aromatic carbocycles. The quantitative estimate of drug-likeness (QED) is 0.178. The summed E-state index contributed by atoms with van der Waals surface area (Å²) in [5.74, 6) is 0. The molecule has 1 unspecified atom stereocenters. The molecule has 0 aliphatic carbocycles. The van der Waals surface area contributed by atoms with Crippen LogP contribution in [-0.2, 0) is 0 Å². The van der Waals surface area contributed by atoms with E-state index in [2.05, 4.69) is 210 Å². The number of nitrogens with one attached hydrogen (secondary N) is 1. The highest BCUT2D eigenvalue weighted by atomic mass is 15.0. The van der Waals surface area contributed by atoms with Gasteiger partial charge >= 0.3 is 0 Å². The predicted molar refractivity (Wildman–Crippen MR) is 233 cm³/mol. The van der Waals surface area contributed by atoms with E-state index in [1.807, 2.05) is 0 Å². The molecule has 3 heteroatoms. The van der Waals surface area contributed by atoms with Gasteiger partial charge in [-0.2, -0.15) is 0 Å². The van der Waals surface area contributed by atoms with Crippen LogP contribution in [0.4, 0.5) is 11.4 Å². The topological polar surface area (TPSA) is 29.3 Å². The average molecular weight is 702 g/mol. The van der Waals surface area contributed by atoms with Crippen molar-refractivity contribution in [3.63, 3.8) is 0 Å². The lowest BCUT2D eigenvalue weighted by Crippen LogP contribution is -2.15. The minimum Gasteiger partial charge on any atom is -0.371 e. The molecule has 0 radical (unpaired) electrons. The number of nitrogens with zero attached hydrogens (tertiary/aromatic N) is 2. The molecule has 1 aliphatic heterocycles. The minimum atomic E-state index is -0.0400. The number of para-hydroxylation sites is 2. The van der Waals surface area contributed by atoms with Gasteiger partial charge in [-0.25, -0.2) is 0 Å². The van der Waals surface area contributed by atoms with Gasteiger partial charge in [0, 0.05) is 33.4 Å². The van der Waals surface area contributed by atoms with E-state index in [1.54, 1.807) is 0 Å². The minimum absolute atomic E-state index is 0.0400. The molecular weight excluding hydrogens is 667 g/mol. The van der Waals surface area contributed by atoms with E-state index in [1.165, 1.54) is 88.0 Å². The van der Waals surface area contributed by atoms with Crippen molar-refractivity contribution >= 4 is 60.9 Å². The summed E-state index contributed by atoms with van der Waals surface area (Å²) in [6.45, 7) is 0. The average Bonchev–Trinajstić information content (AvgIpc) is 3.60. The van der Waals surface area contributed by atoms with E-state index in [9.17, 15) is 0 Å². The largest absolute Gasteiger partial charge is 0.371 e. The first kappa shape index (κ1) is 31.3. The molecule has 55 heavy (non-hydrogen) atoms. The zero-order valence-corrected chi connectivity index (χ0v) is 30.0. The molecule has 0 bridgehead atoms. The molecule has 1 aromatic heterocycles. The third kappa shape index (κ3) is 5.24. The van der Waals surface area contributed by atoms with Gasteiger partial charge < -0.3 is 9.88 Å². The summed E-state index contributed by atoms with van der Waals surface area (Å²) in [5.41, 5.74) is 14.1. The Hall–Kier alpha value is -7.23. The van der Waals surface area contributed by atoms with Crippen molar-refractivity contribution < 1.29 is 0 Å². The molecule has 0 spiro atoms. The van der Waals surface area contributed by atoms with Crippen LogP contribution in [0.15, 0.2) is 199 Å². The molecule has 3 nitrogen and oxygen atoms in total. The van der Waals surface area contributed by atoms with Crippen molar-refractivity contribution in [3.8, 4) is 39.1 Å². The van der Waals surface area contributed by atoms with E-state index in [-0.39, 0.29) is 6.04 Å². The maximum absolute atomic E-state index is 5.07. The first-order valence-electron chi connectivity index (χ1n) is 18.9. The van der Waals surface area contributed by atoms with Gasteiger partial charge in [0.2, 0.25) is 0 Å². The van der Waals surface area contributed by atoms with Crippen molar-refractivity contribution in [1.82, 2.24) is 4.57 Å². The fourth-order valence-electron chi connectivity index (χ4n) is 8.57. The van der Waals surface area contributed by atoms with Crippen molar-refractivity contribution in [3.05, 3.63) is 200 Å². The molecule has 0 fully saturated rings. The fraction of sp³-hybridized carbons (Fsp3) is 0.0192. The van der Waals surface area contributed by atoms with Gasteiger partial charge in [0.1, 0.15) is 0 Å². The Bertz CT molecular complexity index is 3120. The highest BCUT2D eigenvalue weighted by Crippen LogP contribution is 2.45. The first-order valence-corrected chi connectivity index (χ1v) is 18.9. The zero-order valence-electron chi connectivity index (χ0n) is 30.0. The molecule has 1 atom stereocenters. The Morgan fingerprint density at radius 2 is 0.927 bits per heavy atom. The van der Waals surface area contributed by atoms with Crippen LogP contribution in [-0.4, -0.2) is 10.8 Å². The Morgan fingerprint density at radius 1 is 0.382 bits per heavy atom. The number of aromatic nitrogens is 1. The summed E-state index contributed by atoms with van der Waals surface area (Å²) in [6, 6.07) is 70.0. The first-order chi connectivity index (χ1) is 27.3. The van der Waals surface area contributed by atoms with Crippen LogP contribution in [0.2, 0.25) is 0 Å². The Kier molecular flexibility index (Phi) is 7.24. The van der Waals surface area contributed by atoms with Gasteiger partial charge in [0.05, 0.1) is 28.5 Å². The fourth-order valence-corrected chi connectivity index (χ4v) is 8.57. The van der Waals surface area contributed by atoms with Gasteiger partial charge in [0.15, 0.2) is 0 Å². The normalized spacial score (nSPS) is 13.7. The SMILES string of the molecule is C1=Nc2c(c3ccccc3c3ccccc23)NC1c1cccc(-c2cccc(-c3ccc(-c4ccc5c(c4)c4ccccc4n5-c4ccccc4)cc3)c2)c1. The van der Waals surface area contributed by atoms with Crippen molar-refractivity contribution in [2.24, 2.45) is 4.99 Å². The summed E-state index contributed by atoms with van der Waals surface area (Å²) >= 11 is 0. The van der Waals surface area contributed by atoms with Gasteiger partial charge in [0.25, 0.3) is 0 Å². The molecule has 0 amide bonds. The van der Waals surface area contributed by atoms with E-state index < -0.39 is 0 Å². The second kappa shape index (κ2) is 12.7. The highest BCUT2D eigenvalue weighted by molar-refractivity contribution is 6.20. The number of fused-ring (bicyclic) bond motifs is 9. The third-order valence-corrected chi connectivity index (χ3v) is 11.2. The van der Waals surface area contributed by atoms with E-state index in [0.29, 0.717) is 0 Å². The van der Waals surface area contributed by atoms with Crippen LogP contribution in [0.5, 0.6) is 0 Å². The van der Waals surface area contributed by atoms with Crippen molar-refractivity contribution in [2.75, 3.05) is 5.32 Å². The molecular formula is C52H35N3. The Balaban J connectivity index is 0.893. The molecule has 11 rings (SSSR count). The summed E-state index contributed by atoms with van der Waals surface area (Å²) in [5, 5.41) is 11.2. The summed E-state index contributed by atoms with van der Waals surface area (Å²) in [7, 11) is 0. The van der Waals surface area contributed by atoms with E-state index >= 15 is 0 Å². The molecule has 0 saturated heterocycles. The number of hydrogen-bond acceptors (Lipinski definition) is 2. The van der Waals surface area contributed by atoms with Crippen molar-refractivity contribution in [2.45, 2.75) is 6.04 Å². The molecule has 258 valence electrons.